The molecule has 0 atom stereocenters. The molecule has 52 heavy (non-hydrogen) atoms. The monoisotopic (exact) mass is 694 g/mol. The van der Waals surface area contributed by atoms with E-state index in [-0.39, 0.29) is 16.2 Å². The Morgan fingerprint density at radius 1 is 0.596 bits per heavy atom. The number of aromatic hydroxyl groups is 1. The summed E-state index contributed by atoms with van der Waals surface area (Å²) in [4.78, 5) is 4.73. The third kappa shape index (κ3) is 5.81. The average molecular weight is 695 g/mol. The van der Waals surface area contributed by atoms with Crippen molar-refractivity contribution in [2.45, 2.75) is 52.4 Å². The van der Waals surface area contributed by atoms with Crippen LogP contribution in [0.3, 0.4) is 0 Å². The van der Waals surface area contributed by atoms with Crippen molar-refractivity contribution in [3.8, 4) is 39.5 Å². The zero-order valence-electron chi connectivity index (χ0n) is 31.0. The molecule has 1 saturated carbocycles. The molecular weight excluding hydrogens is 645 g/mol. The second-order valence-corrected chi connectivity index (χ2v) is 17.0. The van der Waals surface area contributed by atoms with E-state index in [2.05, 4.69) is 128 Å². The minimum atomic E-state index is -0.173. The molecule has 0 radical (unpaired) electrons. The van der Waals surface area contributed by atoms with Crippen LogP contribution < -0.4 is 14.5 Å². The first-order chi connectivity index (χ1) is 25.1. The first-order valence-corrected chi connectivity index (χ1v) is 19.1. The standard InChI is InChI=1S/C46H50N2O4/c1-44(2)28-45(3,4)30-46(29-44)39-8-6-5-7-35(39)43-38-26-42(52-34-15-13-33(14-16-34)48-19-23-51-24-20-48)36(25-37(38)41(49)27-40(43)46)31-9-11-32(12-10-31)47-17-21-50-22-18-47/h5-16,25-27,49H,17-24,28-30H2,1-4H3. The van der Waals surface area contributed by atoms with Crippen LogP contribution in [-0.4, -0.2) is 57.7 Å². The van der Waals surface area contributed by atoms with Crippen molar-refractivity contribution >= 4 is 22.1 Å². The Morgan fingerprint density at radius 2 is 1.17 bits per heavy atom. The minimum Gasteiger partial charge on any atom is -0.507 e. The summed E-state index contributed by atoms with van der Waals surface area (Å²) < 4.78 is 18.1. The largest absolute Gasteiger partial charge is 0.507 e. The number of fused-ring (bicyclic) bond motifs is 7. The summed E-state index contributed by atoms with van der Waals surface area (Å²) in [7, 11) is 0. The van der Waals surface area contributed by atoms with Crippen molar-refractivity contribution in [1.29, 1.82) is 0 Å². The van der Waals surface area contributed by atoms with Gasteiger partial charge in [-0.25, -0.2) is 0 Å². The molecule has 0 bridgehead atoms. The quantitative estimate of drug-likeness (QED) is 0.198. The molecular formula is C46H50N2O4. The van der Waals surface area contributed by atoms with Crippen molar-refractivity contribution in [3.05, 3.63) is 102 Å². The van der Waals surface area contributed by atoms with Gasteiger partial charge in [-0.05, 0) is 118 Å². The van der Waals surface area contributed by atoms with E-state index in [0.717, 1.165) is 98.8 Å². The van der Waals surface area contributed by atoms with E-state index in [4.69, 9.17) is 14.2 Å². The maximum absolute atomic E-state index is 12.0. The van der Waals surface area contributed by atoms with Gasteiger partial charge in [-0.2, -0.15) is 0 Å². The number of nitrogens with zero attached hydrogens (tertiary/aromatic N) is 2. The van der Waals surface area contributed by atoms with Crippen molar-refractivity contribution in [2.75, 3.05) is 62.4 Å². The second kappa shape index (κ2) is 12.6. The fraction of sp³-hybridized carbons (Fsp3) is 0.391. The molecule has 0 unspecified atom stereocenters. The molecule has 6 nitrogen and oxygen atoms in total. The number of phenolic OH excluding ortho intramolecular Hbond substituents is 1. The van der Waals surface area contributed by atoms with E-state index in [1.807, 2.05) is 0 Å². The average Bonchev–Trinajstić information content (AvgIpc) is 3.38. The molecule has 5 aromatic carbocycles. The van der Waals surface area contributed by atoms with Gasteiger partial charge in [-0.1, -0.05) is 64.1 Å². The van der Waals surface area contributed by atoms with Gasteiger partial charge in [0, 0.05) is 53.9 Å². The molecule has 2 aliphatic carbocycles. The van der Waals surface area contributed by atoms with Crippen LogP contribution in [0.1, 0.15) is 58.1 Å². The highest BCUT2D eigenvalue weighted by molar-refractivity contribution is 6.07. The molecule has 268 valence electrons. The van der Waals surface area contributed by atoms with Gasteiger partial charge >= 0.3 is 0 Å². The van der Waals surface area contributed by atoms with E-state index in [9.17, 15) is 5.11 Å². The predicted octanol–water partition coefficient (Wildman–Crippen LogP) is 10.2. The number of ether oxygens (including phenoxy) is 3. The van der Waals surface area contributed by atoms with Crippen molar-refractivity contribution in [1.82, 2.24) is 0 Å². The molecule has 2 aliphatic heterocycles. The number of morpholine rings is 2. The molecule has 2 saturated heterocycles. The third-order valence-electron chi connectivity index (χ3n) is 12.0. The Bertz CT molecular complexity index is 2110. The highest BCUT2D eigenvalue weighted by Gasteiger charge is 2.53. The number of rotatable bonds is 5. The lowest BCUT2D eigenvalue weighted by Gasteiger charge is -2.51. The molecule has 1 N–H and O–H groups in total. The van der Waals surface area contributed by atoms with Crippen LogP contribution in [0.4, 0.5) is 11.4 Å². The van der Waals surface area contributed by atoms with Gasteiger partial charge in [0.05, 0.1) is 26.4 Å². The maximum atomic E-state index is 12.0. The highest BCUT2D eigenvalue weighted by atomic mass is 16.5. The lowest BCUT2D eigenvalue weighted by molar-refractivity contribution is 0.0645. The molecule has 4 aliphatic rings. The van der Waals surface area contributed by atoms with Crippen molar-refractivity contribution < 1.29 is 19.3 Å². The first-order valence-electron chi connectivity index (χ1n) is 19.1. The molecule has 0 amide bonds. The SMILES string of the molecule is CC1(C)CC(C)(C)CC2(C1)c1ccccc1-c1c2cc(O)c2cc(-c3ccc(N4CCOCC4)cc3)c(Oc3ccc(N4CCOCC4)cc3)cc12. The van der Waals surface area contributed by atoms with E-state index in [1.165, 1.54) is 40.0 Å². The molecule has 0 aromatic heterocycles. The third-order valence-corrected chi connectivity index (χ3v) is 12.0. The van der Waals surface area contributed by atoms with Crippen LogP contribution in [-0.2, 0) is 14.9 Å². The van der Waals surface area contributed by atoms with Crippen molar-refractivity contribution in [2.24, 2.45) is 10.8 Å². The molecule has 6 heteroatoms. The second-order valence-electron chi connectivity index (χ2n) is 17.0. The number of hydrogen-bond donors (Lipinski definition) is 1. The summed E-state index contributed by atoms with van der Waals surface area (Å²) in [5.74, 6) is 1.89. The fourth-order valence-electron chi connectivity index (χ4n) is 10.5. The van der Waals surface area contributed by atoms with E-state index in [1.54, 1.807) is 0 Å². The zero-order chi connectivity index (χ0) is 35.7. The number of phenols is 1. The first kappa shape index (κ1) is 33.3. The van der Waals surface area contributed by atoms with Crippen LogP contribution >= 0.6 is 0 Å². The zero-order valence-corrected chi connectivity index (χ0v) is 31.0. The Morgan fingerprint density at radius 3 is 1.79 bits per heavy atom. The number of anilines is 2. The Labute approximate surface area is 307 Å². The smallest absolute Gasteiger partial charge is 0.135 e. The van der Waals surface area contributed by atoms with Gasteiger partial charge in [-0.15, -0.1) is 0 Å². The number of benzene rings is 5. The Hall–Kier alpha value is -4.52. The van der Waals surface area contributed by atoms with Gasteiger partial charge in [-0.3, -0.25) is 0 Å². The molecule has 5 aromatic rings. The summed E-state index contributed by atoms with van der Waals surface area (Å²) in [6, 6.07) is 32.6. The molecule has 3 fully saturated rings. The molecule has 1 spiro atoms. The molecule has 9 rings (SSSR count). The summed E-state index contributed by atoms with van der Waals surface area (Å²) in [6.07, 6.45) is 3.27. The fourth-order valence-corrected chi connectivity index (χ4v) is 10.5. The van der Waals surface area contributed by atoms with Crippen LogP contribution in [0.25, 0.3) is 33.0 Å². The van der Waals surface area contributed by atoms with E-state index < -0.39 is 0 Å². The van der Waals surface area contributed by atoms with Gasteiger partial charge in [0.1, 0.15) is 17.2 Å². The summed E-state index contributed by atoms with van der Waals surface area (Å²) in [6.45, 7) is 16.2. The number of hydrogen-bond acceptors (Lipinski definition) is 6. The summed E-state index contributed by atoms with van der Waals surface area (Å²) in [5, 5.41) is 13.9. The lowest BCUT2D eigenvalue weighted by atomic mass is 9.52. The Balaban J connectivity index is 1.20. The summed E-state index contributed by atoms with van der Waals surface area (Å²) >= 11 is 0. The van der Waals surface area contributed by atoms with Gasteiger partial charge < -0.3 is 29.1 Å². The highest BCUT2D eigenvalue weighted by Crippen LogP contribution is 2.65. The summed E-state index contributed by atoms with van der Waals surface area (Å²) in [5.41, 5.74) is 9.65. The Kier molecular flexibility index (Phi) is 8.05. The van der Waals surface area contributed by atoms with Crippen molar-refractivity contribution in [3.63, 3.8) is 0 Å². The maximum Gasteiger partial charge on any atom is 0.135 e. The topological polar surface area (TPSA) is 54.4 Å². The van der Waals surface area contributed by atoms with Gasteiger partial charge in [0.2, 0.25) is 0 Å². The van der Waals surface area contributed by atoms with Gasteiger partial charge in [0.15, 0.2) is 0 Å². The molecule has 2 heterocycles. The lowest BCUT2D eigenvalue weighted by Crippen LogP contribution is -2.43. The van der Waals surface area contributed by atoms with Crippen LogP contribution in [0.5, 0.6) is 17.2 Å². The normalized spacial score (nSPS) is 20.2. The minimum absolute atomic E-state index is 0.153. The van der Waals surface area contributed by atoms with Crippen LogP contribution in [0.2, 0.25) is 0 Å². The van der Waals surface area contributed by atoms with Gasteiger partial charge in [0.25, 0.3) is 0 Å². The van der Waals surface area contributed by atoms with E-state index >= 15 is 0 Å². The van der Waals surface area contributed by atoms with Crippen LogP contribution in [0.15, 0.2) is 91.0 Å². The van der Waals surface area contributed by atoms with E-state index in [0.29, 0.717) is 5.75 Å². The predicted molar refractivity (Wildman–Crippen MR) is 211 cm³/mol. The van der Waals surface area contributed by atoms with Crippen LogP contribution in [0, 0.1) is 10.8 Å².